The summed E-state index contributed by atoms with van der Waals surface area (Å²) in [6.45, 7) is 4.16. The van der Waals surface area contributed by atoms with Crippen LogP contribution >= 0.6 is 0 Å². The molecule has 26 heavy (non-hydrogen) atoms. The minimum Gasteiger partial charge on any atom is -0.507 e. The highest BCUT2D eigenvalue weighted by Gasteiger charge is 2.44. The molecule has 1 heterocycles. The molecule has 1 aliphatic rings. The average molecular weight is 353 g/mol. The maximum Gasteiger partial charge on any atom is 0.295 e. The molecule has 1 fully saturated rings. The molecule has 0 saturated carbocycles. The van der Waals surface area contributed by atoms with Crippen molar-refractivity contribution in [2.45, 2.75) is 25.8 Å². The fourth-order valence-corrected chi connectivity index (χ4v) is 3.16. The van der Waals surface area contributed by atoms with E-state index < -0.39 is 23.5 Å². The van der Waals surface area contributed by atoms with E-state index in [4.69, 9.17) is 0 Å². The molecule has 5 heteroatoms. The van der Waals surface area contributed by atoms with E-state index in [1.165, 1.54) is 36.2 Å². The smallest absolute Gasteiger partial charge is 0.295 e. The highest BCUT2D eigenvalue weighted by molar-refractivity contribution is 6.46. The van der Waals surface area contributed by atoms with Gasteiger partial charge in [0.25, 0.3) is 11.7 Å². The van der Waals surface area contributed by atoms with Crippen molar-refractivity contribution in [2.75, 3.05) is 7.05 Å². The Morgan fingerprint density at radius 2 is 1.62 bits per heavy atom. The van der Waals surface area contributed by atoms with E-state index in [9.17, 15) is 19.1 Å². The third-order valence-corrected chi connectivity index (χ3v) is 4.71. The molecular weight excluding hydrogens is 333 g/mol. The van der Waals surface area contributed by atoms with Crippen LogP contribution in [0.3, 0.4) is 0 Å². The number of aliphatic hydroxyl groups excluding tert-OH is 1. The van der Waals surface area contributed by atoms with E-state index in [0.29, 0.717) is 11.5 Å². The van der Waals surface area contributed by atoms with Crippen LogP contribution in [0.15, 0.2) is 54.1 Å². The lowest BCUT2D eigenvalue weighted by molar-refractivity contribution is -0.139. The van der Waals surface area contributed by atoms with E-state index in [1.54, 1.807) is 0 Å². The van der Waals surface area contributed by atoms with Crippen molar-refractivity contribution in [3.63, 3.8) is 0 Å². The second kappa shape index (κ2) is 6.75. The van der Waals surface area contributed by atoms with Gasteiger partial charge in [-0.25, -0.2) is 4.39 Å². The quantitative estimate of drug-likeness (QED) is 0.515. The Morgan fingerprint density at radius 1 is 1.04 bits per heavy atom. The number of Topliss-reactive ketones (excluding diaryl/α,β-unsaturated/α-hetero) is 1. The number of hydrogen-bond acceptors (Lipinski definition) is 3. The Kier molecular flexibility index (Phi) is 4.64. The Hall–Kier alpha value is -2.95. The number of halogens is 1. The zero-order chi connectivity index (χ0) is 19.0. The van der Waals surface area contributed by atoms with Crippen molar-refractivity contribution in [3.05, 3.63) is 76.6 Å². The summed E-state index contributed by atoms with van der Waals surface area (Å²) in [4.78, 5) is 26.0. The van der Waals surface area contributed by atoms with Crippen molar-refractivity contribution in [1.29, 1.82) is 0 Å². The highest BCUT2D eigenvalue weighted by Crippen LogP contribution is 2.38. The first-order valence-electron chi connectivity index (χ1n) is 8.41. The number of nitrogens with zero attached hydrogens (tertiary/aromatic N) is 1. The predicted octanol–water partition coefficient (Wildman–Crippen LogP) is 4.00. The molecule has 0 aliphatic carbocycles. The number of carbonyl (C=O) groups excluding carboxylic acids is 2. The third kappa shape index (κ3) is 3.01. The summed E-state index contributed by atoms with van der Waals surface area (Å²) in [5.74, 6) is -1.81. The van der Waals surface area contributed by atoms with Gasteiger partial charge < -0.3 is 10.0 Å². The van der Waals surface area contributed by atoms with Gasteiger partial charge in [0.15, 0.2) is 0 Å². The molecule has 0 spiro atoms. The van der Waals surface area contributed by atoms with E-state index in [1.807, 2.05) is 24.3 Å². The lowest BCUT2D eigenvalue weighted by atomic mass is 9.93. The average Bonchev–Trinajstić information content (AvgIpc) is 2.86. The molecule has 4 nitrogen and oxygen atoms in total. The molecule has 1 unspecified atom stereocenters. The standard InChI is InChI=1S/C21H20FNO3/c1-12(2)13-4-6-14(7-5-13)18-17(20(25)21(26)23(18)3)19(24)15-8-10-16(22)11-9-15/h4-12,18,24H,1-3H3/b19-17+. The first-order chi connectivity index (χ1) is 12.3. The summed E-state index contributed by atoms with van der Waals surface area (Å²) < 4.78 is 13.1. The van der Waals surface area contributed by atoms with Crippen molar-refractivity contribution in [1.82, 2.24) is 4.90 Å². The zero-order valence-corrected chi connectivity index (χ0v) is 14.9. The van der Waals surface area contributed by atoms with E-state index in [-0.39, 0.29) is 11.3 Å². The molecule has 2 aromatic carbocycles. The van der Waals surface area contributed by atoms with Crippen molar-refractivity contribution >= 4 is 17.4 Å². The van der Waals surface area contributed by atoms with Crippen molar-refractivity contribution in [3.8, 4) is 0 Å². The van der Waals surface area contributed by atoms with Gasteiger partial charge in [0.05, 0.1) is 11.6 Å². The van der Waals surface area contributed by atoms with Crippen molar-refractivity contribution in [2.24, 2.45) is 0 Å². The summed E-state index contributed by atoms with van der Waals surface area (Å²) in [6, 6.07) is 12.1. The van der Waals surface area contributed by atoms with Crippen LogP contribution in [0.2, 0.25) is 0 Å². The van der Waals surface area contributed by atoms with Gasteiger partial charge in [0, 0.05) is 12.6 Å². The second-order valence-electron chi connectivity index (χ2n) is 6.74. The topological polar surface area (TPSA) is 57.6 Å². The van der Waals surface area contributed by atoms with E-state index in [2.05, 4.69) is 13.8 Å². The fourth-order valence-electron chi connectivity index (χ4n) is 3.16. The molecular formula is C21H20FNO3. The first-order valence-corrected chi connectivity index (χ1v) is 8.41. The number of ketones is 1. The van der Waals surface area contributed by atoms with Crippen LogP contribution in [0.1, 0.15) is 42.5 Å². The van der Waals surface area contributed by atoms with Crippen molar-refractivity contribution < 1.29 is 19.1 Å². The van der Waals surface area contributed by atoms with Crippen LogP contribution in [0.25, 0.3) is 5.76 Å². The van der Waals surface area contributed by atoms with Crippen LogP contribution in [-0.2, 0) is 9.59 Å². The van der Waals surface area contributed by atoms with Gasteiger partial charge in [-0.05, 0) is 41.3 Å². The minimum atomic E-state index is -0.743. The van der Waals surface area contributed by atoms with Crippen LogP contribution in [-0.4, -0.2) is 28.7 Å². The van der Waals surface area contributed by atoms with Gasteiger partial charge in [-0.1, -0.05) is 38.1 Å². The number of likely N-dealkylation sites (N-methyl/N-ethyl adjacent to an activating group) is 1. The Balaban J connectivity index is 2.11. The van der Waals surface area contributed by atoms with Gasteiger partial charge in [0.1, 0.15) is 11.6 Å². The summed E-state index contributed by atoms with van der Waals surface area (Å²) in [5.41, 5.74) is 2.18. The van der Waals surface area contributed by atoms with Gasteiger partial charge in [-0.2, -0.15) is 0 Å². The first kappa shape index (κ1) is 17.9. The Morgan fingerprint density at radius 3 is 2.15 bits per heavy atom. The van der Waals surface area contributed by atoms with Gasteiger partial charge >= 0.3 is 0 Å². The molecule has 1 amide bonds. The molecule has 0 radical (unpaired) electrons. The SMILES string of the molecule is CC(C)c1ccc(C2/C(=C(\O)c3ccc(F)cc3)C(=O)C(=O)N2C)cc1. The molecule has 1 N–H and O–H groups in total. The Bertz CT molecular complexity index is 882. The van der Waals surface area contributed by atoms with Gasteiger partial charge in [0.2, 0.25) is 0 Å². The highest BCUT2D eigenvalue weighted by atomic mass is 19.1. The molecule has 134 valence electrons. The number of carbonyl (C=O) groups is 2. The molecule has 0 bridgehead atoms. The lowest BCUT2D eigenvalue weighted by Crippen LogP contribution is -2.24. The number of aliphatic hydroxyl groups is 1. The number of rotatable bonds is 3. The number of hydrogen-bond donors (Lipinski definition) is 1. The maximum atomic E-state index is 13.1. The lowest BCUT2D eigenvalue weighted by Gasteiger charge is -2.21. The summed E-state index contributed by atoms with van der Waals surface area (Å²) in [7, 11) is 1.53. The molecule has 1 aliphatic heterocycles. The fraction of sp³-hybridized carbons (Fsp3) is 0.238. The van der Waals surface area contributed by atoms with Gasteiger partial charge in [-0.3, -0.25) is 9.59 Å². The summed E-state index contributed by atoms with van der Waals surface area (Å²) in [6.07, 6.45) is 0. The minimum absolute atomic E-state index is 0.0152. The van der Waals surface area contributed by atoms with E-state index >= 15 is 0 Å². The Labute approximate surface area is 151 Å². The number of benzene rings is 2. The maximum absolute atomic E-state index is 13.1. The number of amides is 1. The van der Waals surface area contributed by atoms with Crippen LogP contribution in [0.5, 0.6) is 0 Å². The third-order valence-electron chi connectivity index (χ3n) is 4.71. The molecule has 3 rings (SSSR count). The van der Waals surface area contributed by atoms with Crippen LogP contribution < -0.4 is 0 Å². The zero-order valence-electron chi connectivity index (χ0n) is 14.9. The monoisotopic (exact) mass is 353 g/mol. The summed E-state index contributed by atoms with van der Waals surface area (Å²) in [5, 5.41) is 10.6. The molecule has 1 atom stereocenters. The second-order valence-corrected chi connectivity index (χ2v) is 6.74. The number of likely N-dealkylation sites (tertiary alicyclic amines) is 1. The van der Waals surface area contributed by atoms with Gasteiger partial charge in [-0.15, -0.1) is 0 Å². The molecule has 2 aromatic rings. The predicted molar refractivity (Wildman–Crippen MR) is 97.0 cm³/mol. The molecule has 1 saturated heterocycles. The summed E-state index contributed by atoms with van der Waals surface area (Å²) >= 11 is 0. The van der Waals surface area contributed by atoms with E-state index in [0.717, 1.165) is 11.1 Å². The van der Waals surface area contributed by atoms with Crippen LogP contribution in [0, 0.1) is 5.82 Å². The molecule has 0 aromatic heterocycles. The normalized spacial score (nSPS) is 19.4. The van der Waals surface area contributed by atoms with Crippen LogP contribution in [0.4, 0.5) is 4.39 Å². The largest absolute Gasteiger partial charge is 0.507 e.